The van der Waals surface area contributed by atoms with Gasteiger partial charge in [-0.05, 0) is 53.9 Å². The van der Waals surface area contributed by atoms with Gasteiger partial charge in [0.2, 0.25) is 0 Å². The molecule has 0 heterocycles. The highest BCUT2D eigenvalue weighted by molar-refractivity contribution is 7.80. The second kappa shape index (κ2) is 11.0. The van der Waals surface area contributed by atoms with Crippen molar-refractivity contribution in [2.45, 2.75) is 18.9 Å². The van der Waals surface area contributed by atoms with E-state index >= 15 is 0 Å². The molecular formula is C30H30N2OS. The Morgan fingerprint density at radius 2 is 1.26 bits per heavy atom. The molecule has 0 fully saturated rings. The van der Waals surface area contributed by atoms with Crippen LogP contribution >= 0.6 is 12.2 Å². The van der Waals surface area contributed by atoms with E-state index in [9.17, 15) is 0 Å². The molecule has 4 aromatic carbocycles. The number of hydrogen-bond donors (Lipinski definition) is 2. The van der Waals surface area contributed by atoms with Crippen LogP contribution in [0.3, 0.4) is 0 Å². The molecule has 0 saturated carbocycles. The fraction of sp³-hybridized carbons (Fsp3) is 0.167. The Balaban J connectivity index is 1.64. The third-order valence-corrected chi connectivity index (χ3v) is 6.28. The molecule has 3 nitrogen and oxygen atoms in total. The highest BCUT2D eigenvalue weighted by atomic mass is 32.1. The minimum atomic E-state index is -0.630. The highest BCUT2D eigenvalue weighted by Gasteiger charge is 2.36. The van der Waals surface area contributed by atoms with E-state index in [2.05, 4.69) is 102 Å². The van der Waals surface area contributed by atoms with Crippen molar-refractivity contribution in [1.82, 2.24) is 10.6 Å². The maximum Gasteiger partial charge on any atom is 0.167 e. The van der Waals surface area contributed by atoms with Gasteiger partial charge in [0.15, 0.2) is 5.11 Å². The summed E-state index contributed by atoms with van der Waals surface area (Å²) in [7, 11) is 1.71. The zero-order chi connectivity index (χ0) is 23.8. The van der Waals surface area contributed by atoms with E-state index in [0.717, 1.165) is 28.9 Å². The lowest BCUT2D eigenvalue weighted by Crippen LogP contribution is -2.51. The normalized spacial score (nSPS) is 11.0. The van der Waals surface area contributed by atoms with Crippen molar-refractivity contribution in [1.29, 1.82) is 0 Å². The third kappa shape index (κ3) is 5.13. The summed E-state index contributed by atoms with van der Waals surface area (Å²) in [6.45, 7) is 2.79. The third-order valence-electron chi connectivity index (χ3n) is 6.04. The van der Waals surface area contributed by atoms with Crippen LogP contribution in [-0.4, -0.2) is 18.8 Å². The highest BCUT2D eigenvalue weighted by Crippen LogP contribution is 2.36. The minimum absolute atomic E-state index is 0.600. The summed E-state index contributed by atoms with van der Waals surface area (Å²) in [6.07, 6.45) is 0.807. The van der Waals surface area contributed by atoms with Gasteiger partial charge in [-0.1, -0.05) is 109 Å². The topological polar surface area (TPSA) is 33.3 Å². The van der Waals surface area contributed by atoms with Gasteiger partial charge in [0, 0.05) is 6.54 Å². The summed E-state index contributed by atoms with van der Waals surface area (Å²) in [6, 6.07) is 37.6. The molecular weight excluding hydrogens is 436 g/mol. The van der Waals surface area contributed by atoms with Gasteiger partial charge in [0.25, 0.3) is 0 Å². The zero-order valence-corrected chi connectivity index (χ0v) is 20.4. The van der Waals surface area contributed by atoms with Crippen LogP contribution in [0.25, 0.3) is 0 Å². The molecule has 0 radical (unpaired) electrons. The largest absolute Gasteiger partial charge is 0.496 e. The summed E-state index contributed by atoms with van der Waals surface area (Å²) in [4.78, 5) is 0. The van der Waals surface area contributed by atoms with Gasteiger partial charge in [-0.25, -0.2) is 0 Å². The Hall–Kier alpha value is -3.63. The molecule has 172 valence electrons. The number of aryl methyl sites for hydroxylation is 1. The molecule has 2 N–H and O–H groups in total. The van der Waals surface area contributed by atoms with Crippen molar-refractivity contribution in [2.24, 2.45) is 0 Å². The second-order valence-corrected chi connectivity index (χ2v) is 8.70. The number of rotatable bonds is 8. The van der Waals surface area contributed by atoms with Crippen molar-refractivity contribution in [2.75, 3.05) is 13.7 Å². The fourth-order valence-electron chi connectivity index (χ4n) is 4.41. The van der Waals surface area contributed by atoms with Crippen LogP contribution in [0, 0.1) is 6.92 Å². The Morgan fingerprint density at radius 1 is 0.765 bits per heavy atom. The summed E-state index contributed by atoms with van der Waals surface area (Å²) >= 11 is 5.85. The van der Waals surface area contributed by atoms with E-state index in [1.807, 2.05) is 24.3 Å². The van der Waals surface area contributed by atoms with Crippen LogP contribution in [-0.2, 0) is 12.0 Å². The number of ether oxygens (including phenoxy) is 1. The van der Waals surface area contributed by atoms with Crippen LogP contribution in [0.15, 0.2) is 109 Å². The van der Waals surface area contributed by atoms with Gasteiger partial charge in [-0.2, -0.15) is 0 Å². The molecule has 0 spiro atoms. The molecule has 0 atom stereocenters. The zero-order valence-electron chi connectivity index (χ0n) is 19.6. The summed E-state index contributed by atoms with van der Waals surface area (Å²) in [5, 5.41) is 7.73. The monoisotopic (exact) mass is 466 g/mol. The maximum atomic E-state index is 5.85. The van der Waals surface area contributed by atoms with Crippen LogP contribution in [0.1, 0.15) is 27.8 Å². The number of hydrogen-bond acceptors (Lipinski definition) is 2. The van der Waals surface area contributed by atoms with Crippen molar-refractivity contribution < 1.29 is 4.74 Å². The Labute approximate surface area is 207 Å². The van der Waals surface area contributed by atoms with E-state index in [1.54, 1.807) is 7.11 Å². The Bertz CT molecular complexity index is 1110. The van der Waals surface area contributed by atoms with Gasteiger partial charge in [-0.15, -0.1) is 0 Å². The summed E-state index contributed by atoms with van der Waals surface area (Å²) in [5.41, 5.74) is 5.12. The molecule has 0 aliphatic carbocycles. The average molecular weight is 467 g/mol. The lowest BCUT2D eigenvalue weighted by atomic mass is 9.77. The minimum Gasteiger partial charge on any atom is -0.496 e. The van der Waals surface area contributed by atoms with Crippen molar-refractivity contribution in [3.05, 3.63) is 137 Å². The second-order valence-electron chi connectivity index (χ2n) is 8.29. The molecule has 0 aromatic heterocycles. The lowest BCUT2D eigenvalue weighted by Gasteiger charge is -2.38. The standard InChI is InChI=1S/C30H30N2OS/c1-23-18-19-28(33-2)24(22-23)20-21-31-29(34)32-30(25-12-6-3-7-13-25,26-14-8-4-9-15-26)27-16-10-5-11-17-27/h3-19,22H,20-21H2,1-2H3,(H2,31,32,34). The van der Waals surface area contributed by atoms with Crippen molar-refractivity contribution in [3.8, 4) is 5.75 Å². The fourth-order valence-corrected chi connectivity index (χ4v) is 4.66. The summed E-state index contributed by atoms with van der Waals surface area (Å²) < 4.78 is 5.54. The van der Waals surface area contributed by atoms with E-state index in [4.69, 9.17) is 17.0 Å². The predicted octanol–water partition coefficient (Wildman–Crippen LogP) is 6.00. The number of methoxy groups -OCH3 is 1. The van der Waals surface area contributed by atoms with E-state index in [-0.39, 0.29) is 0 Å². The number of benzene rings is 4. The molecule has 0 aliphatic heterocycles. The first kappa shape index (κ1) is 23.5. The van der Waals surface area contributed by atoms with Crippen molar-refractivity contribution >= 4 is 17.3 Å². The maximum absolute atomic E-state index is 5.85. The van der Waals surface area contributed by atoms with Gasteiger partial charge < -0.3 is 15.4 Å². The molecule has 4 heteroatoms. The van der Waals surface area contributed by atoms with Crippen LogP contribution in [0.4, 0.5) is 0 Å². The molecule has 4 rings (SSSR count). The van der Waals surface area contributed by atoms with Gasteiger partial charge in [-0.3, -0.25) is 0 Å². The summed E-state index contributed by atoms with van der Waals surface area (Å²) in [5.74, 6) is 0.901. The quantitative estimate of drug-likeness (QED) is 0.246. The van der Waals surface area contributed by atoms with Crippen LogP contribution in [0.5, 0.6) is 5.75 Å². The van der Waals surface area contributed by atoms with Crippen LogP contribution in [0.2, 0.25) is 0 Å². The van der Waals surface area contributed by atoms with Gasteiger partial charge >= 0.3 is 0 Å². The smallest absolute Gasteiger partial charge is 0.167 e. The molecule has 4 aromatic rings. The van der Waals surface area contributed by atoms with E-state index in [1.165, 1.54) is 11.1 Å². The number of nitrogens with one attached hydrogen (secondary N) is 2. The molecule has 34 heavy (non-hydrogen) atoms. The first-order valence-corrected chi connectivity index (χ1v) is 11.9. The van der Waals surface area contributed by atoms with Gasteiger partial charge in [0.1, 0.15) is 11.3 Å². The molecule has 0 aliphatic rings. The first-order valence-electron chi connectivity index (χ1n) is 11.5. The van der Waals surface area contributed by atoms with Crippen molar-refractivity contribution in [3.63, 3.8) is 0 Å². The van der Waals surface area contributed by atoms with Crippen LogP contribution < -0.4 is 15.4 Å². The number of thiocarbonyl (C=S) groups is 1. The van der Waals surface area contributed by atoms with E-state index in [0.29, 0.717) is 11.7 Å². The molecule has 0 saturated heterocycles. The first-order chi connectivity index (χ1) is 16.6. The molecule has 0 unspecified atom stereocenters. The Morgan fingerprint density at radius 3 is 1.74 bits per heavy atom. The van der Waals surface area contributed by atoms with E-state index < -0.39 is 5.54 Å². The Kier molecular flexibility index (Phi) is 7.61. The van der Waals surface area contributed by atoms with Gasteiger partial charge in [0.05, 0.1) is 7.11 Å². The SMILES string of the molecule is COc1ccc(C)cc1CCNC(=S)NC(c1ccccc1)(c1ccccc1)c1ccccc1. The lowest BCUT2D eigenvalue weighted by molar-refractivity contribution is 0.409. The average Bonchev–Trinajstić information content (AvgIpc) is 2.89. The molecule has 0 bridgehead atoms. The molecule has 0 amide bonds. The predicted molar refractivity (Wildman–Crippen MR) is 144 cm³/mol.